The van der Waals surface area contributed by atoms with Crippen LogP contribution in [-0.4, -0.2) is 36.0 Å². The van der Waals surface area contributed by atoms with Crippen molar-refractivity contribution in [2.24, 2.45) is 5.73 Å². The number of benzene rings is 1. The minimum absolute atomic E-state index is 0. The number of nitrogens with two attached hydrogens (primary N) is 1. The molecule has 2 N–H and O–H groups in total. The Morgan fingerprint density at radius 2 is 2.04 bits per heavy atom. The lowest BCUT2D eigenvalue weighted by atomic mass is 10.1. The number of nitrogens with zero attached hydrogens (tertiary/aromatic N) is 1. The number of amides is 1. The van der Waals surface area contributed by atoms with Gasteiger partial charge in [0, 0.05) is 25.6 Å². The van der Waals surface area contributed by atoms with Gasteiger partial charge in [-0.3, -0.25) is 4.79 Å². The normalized spacial score (nSPS) is 21.3. The van der Waals surface area contributed by atoms with Gasteiger partial charge in [0.1, 0.15) is 5.75 Å². The van der Waals surface area contributed by atoms with Gasteiger partial charge < -0.3 is 15.4 Å². The molecule has 2 fully saturated rings. The van der Waals surface area contributed by atoms with Crippen LogP contribution < -0.4 is 10.5 Å². The summed E-state index contributed by atoms with van der Waals surface area (Å²) < 4.78 is 6.02. The SMILES string of the molecule is Cl.N[C@@H]1CCN(C(=O)CCc2cccc(OC3CCCC3)c2)C1. The maximum absolute atomic E-state index is 12.2. The molecule has 2 aliphatic rings. The standard InChI is InChI=1S/C18H26N2O2.ClH/c19-15-10-11-20(13-15)18(21)9-8-14-4-3-7-17(12-14)22-16-5-1-2-6-16;/h3-4,7,12,15-16H,1-2,5-6,8-11,13,19H2;1H/t15-;/m1./s1. The van der Waals surface area contributed by atoms with Crippen LogP contribution >= 0.6 is 12.4 Å². The third-order valence-corrected chi connectivity index (χ3v) is 4.71. The molecule has 1 aromatic carbocycles. The van der Waals surface area contributed by atoms with Crippen LogP contribution in [0.4, 0.5) is 0 Å². The Morgan fingerprint density at radius 1 is 1.26 bits per heavy atom. The van der Waals surface area contributed by atoms with Gasteiger partial charge in [-0.1, -0.05) is 12.1 Å². The maximum atomic E-state index is 12.2. The molecule has 0 spiro atoms. The molecule has 5 heteroatoms. The van der Waals surface area contributed by atoms with E-state index in [-0.39, 0.29) is 24.4 Å². The van der Waals surface area contributed by atoms with Crippen molar-refractivity contribution >= 4 is 18.3 Å². The summed E-state index contributed by atoms with van der Waals surface area (Å²) in [5, 5.41) is 0. The lowest BCUT2D eigenvalue weighted by Gasteiger charge is -2.16. The molecule has 1 aromatic rings. The monoisotopic (exact) mass is 338 g/mol. The fraction of sp³-hybridized carbons (Fsp3) is 0.611. The van der Waals surface area contributed by atoms with Gasteiger partial charge in [-0.05, 0) is 56.2 Å². The number of aryl methyl sites for hydroxylation is 1. The predicted octanol–water partition coefficient (Wildman–Crippen LogP) is 2.92. The summed E-state index contributed by atoms with van der Waals surface area (Å²) in [7, 11) is 0. The molecule has 3 rings (SSSR count). The van der Waals surface area contributed by atoms with Crippen LogP contribution in [0.25, 0.3) is 0 Å². The number of rotatable bonds is 5. The zero-order chi connectivity index (χ0) is 15.4. The van der Waals surface area contributed by atoms with E-state index in [9.17, 15) is 4.79 Å². The summed E-state index contributed by atoms with van der Waals surface area (Å²) >= 11 is 0. The van der Waals surface area contributed by atoms with Crippen molar-refractivity contribution in [2.75, 3.05) is 13.1 Å². The summed E-state index contributed by atoms with van der Waals surface area (Å²) in [5.74, 6) is 1.16. The first-order chi connectivity index (χ1) is 10.7. The number of hydrogen-bond donors (Lipinski definition) is 1. The van der Waals surface area contributed by atoms with E-state index in [2.05, 4.69) is 12.1 Å². The first-order valence-corrected chi connectivity index (χ1v) is 8.49. The minimum Gasteiger partial charge on any atom is -0.490 e. The average Bonchev–Trinajstić information content (AvgIpc) is 3.17. The molecule has 0 aromatic heterocycles. The number of likely N-dealkylation sites (tertiary alicyclic amines) is 1. The lowest BCUT2D eigenvalue weighted by molar-refractivity contribution is -0.130. The Kier molecular flexibility index (Phi) is 6.72. The van der Waals surface area contributed by atoms with E-state index in [0.717, 1.165) is 38.0 Å². The molecule has 1 aliphatic heterocycles. The van der Waals surface area contributed by atoms with Crippen molar-refractivity contribution in [2.45, 2.75) is 57.1 Å². The molecule has 0 unspecified atom stereocenters. The summed E-state index contributed by atoms with van der Waals surface area (Å²) in [6, 6.07) is 8.36. The molecule has 1 atom stereocenters. The van der Waals surface area contributed by atoms with E-state index < -0.39 is 0 Å². The second-order valence-corrected chi connectivity index (χ2v) is 6.56. The van der Waals surface area contributed by atoms with Crippen molar-refractivity contribution < 1.29 is 9.53 Å². The van der Waals surface area contributed by atoms with Crippen molar-refractivity contribution in [1.29, 1.82) is 0 Å². The highest BCUT2D eigenvalue weighted by molar-refractivity contribution is 5.85. The van der Waals surface area contributed by atoms with Crippen LogP contribution in [0, 0.1) is 0 Å². The molecule has 4 nitrogen and oxygen atoms in total. The second-order valence-electron chi connectivity index (χ2n) is 6.56. The Bertz CT molecular complexity index is 517. The Balaban J connectivity index is 0.00000192. The van der Waals surface area contributed by atoms with Crippen LogP contribution in [0.5, 0.6) is 5.75 Å². The molecule has 1 saturated carbocycles. The molecular weight excluding hydrogens is 312 g/mol. The van der Waals surface area contributed by atoms with E-state index >= 15 is 0 Å². The number of ether oxygens (including phenoxy) is 1. The number of carbonyl (C=O) groups is 1. The zero-order valence-corrected chi connectivity index (χ0v) is 14.4. The fourth-order valence-electron chi connectivity index (χ4n) is 3.40. The van der Waals surface area contributed by atoms with Gasteiger partial charge in [-0.15, -0.1) is 12.4 Å². The third-order valence-electron chi connectivity index (χ3n) is 4.71. The molecule has 0 bridgehead atoms. The highest BCUT2D eigenvalue weighted by Crippen LogP contribution is 2.25. The van der Waals surface area contributed by atoms with Gasteiger partial charge in [-0.25, -0.2) is 0 Å². The lowest BCUT2D eigenvalue weighted by Crippen LogP contribution is -2.31. The minimum atomic E-state index is 0. The summed E-state index contributed by atoms with van der Waals surface area (Å²) in [6.45, 7) is 1.52. The van der Waals surface area contributed by atoms with E-state index in [1.165, 1.54) is 18.4 Å². The summed E-state index contributed by atoms with van der Waals surface area (Å²) in [4.78, 5) is 14.1. The molecule has 1 saturated heterocycles. The average molecular weight is 339 g/mol. The summed E-state index contributed by atoms with van der Waals surface area (Å²) in [5.41, 5.74) is 7.03. The van der Waals surface area contributed by atoms with Gasteiger partial charge in [0.25, 0.3) is 0 Å². The Morgan fingerprint density at radius 3 is 2.74 bits per heavy atom. The molecule has 1 heterocycles. The second kappa shape index (κ2) is 8.55. The van der Waals surface area contributed by atoms with Crippen LogP contribution in [0.15, 0.2) is 24.3 Å². The quantitative estimate of drug-likeness (QED) is 0.898. The number of carbonyl (C=O) groups excluding carboxylic acids is 1. The van der Waals surface area contributed by atoms with E-state index in [0.29, 0.717) is 19.1 Å². The molecular formula is C18H27ClN2O2. The van der Waals surface area contributed by atoms with Crippen molar-refractivity contribution in [3.05, 3.63) is 29.8 Å². The molecule has 23 heavy (non-hydrogen) atoms. The third kappa shape index (κ3) is 5.11. The van der Waals surface area contributed by atoms with Gasteiger partial charge in [0.2, 0.25) is 5.91 Å². The molecule has 1 aliphatic carbocycles. The van der Waals surface area contributed by atoms with Crippen molar-refractivity contribution in [3.8, 4) is 5.75 Å². The predicted molar refractivity (Wildman–Crippen MR) is 94.1 cm³/mol. The highest BCUT2D eigenvalue weighted by Gasteiger charge is 2.23. The van der Waals surface area contributed by atoms with E-state index in [1.54, 1.807) is 0 Å². The highest BCUT2D eigenvalue weighted by atomic mass is 35.5. The maximum Gasteiger partial charge on any atom is 0.222 e. The zero-order valence-electron chi connectivity index (χ0n) is 13.6. The van der Waals surface area contributed by atoms with Crippen LogP contribution in [0.2, 0.25) is 0 Å². The van der Waals surface area contributed by atoms with E-state index in [4.69, 9.17) is 10.5 Å². The molecule has 128 valence electrons. The fourth-order valence-corrected chi connectivity index (χ4v) is 3.40. The summed E-state index contributed by atoms with van der Waals surface area (Å²) in [6.07, 6.45) is 7.51. The molecule has 0 radical (unpaired) electrons. The van der Waals surface area contributed by atoms with Crippen LogP contribution in [0.1, 0.15) is 44.1 Å². The Hall–Kier alpha value is -1.26. The van der Waals surface area contributed by atoms with Gasteiger partial charge >= 0.3 is 0 Å². The van der Waals surface area contributed by atoms with Gasteiger partial charge in [0.05, 0.1) is 6.10 Å². The number of halogens is 1. The van der Waals surface area contributed by atoms with E-state index in [1.807, 2.05) is 17.0 Å². The topological polar surface area (TPSA) is 55.6 Å². The van der Waals surface area contributed by atoms with Gasteiger partial charge in [-0.2, -0.15) is 0 Å². The van der Waals surface area contributed by atoms with Crippen molar-refractivity contribution in [3.63, 3.8) is 0 Å². The van der Waals surface area contributed by atoms with Crippen LogP contribution in [0.3, 0.4) is 0 Å². The van der Waals surface area contributed by atoms with Gasteiger partial charge in [0.15, 0.2) is 0 Å². The van der Waals surface area contributed by atoms with Crippen LogP contribution in [-0.2, 0) is 11.2 Å². The van der Waals surface area contributed by atoms with Crippen molar-refractivity contribution in [1.82, 2.24) is 4.90 Å². The smallest absolute Gasteiger partial charge is 0.222 e. The number of hydrogen-bond acceptors (Lipinski definition) is 3. The first-order valence-electron chi connectivity index (χ1n) is 8.49. The molecule has 1 amide bonds. The largest absolute Gasteiger partial charge is 0.490 e. The first kappa shape index (κ1) is 18.1. The Labute approximate surface area is 144 Å².